The molecule has 130 valence electrons. The highest BCUT2D eigenvalue weighted by molar-refractivity contribution is 7.98. The van der Waals surface area contributed by atoms with Gasteiger partial charge < -0.3 is 0 Å². The van der Waals surface area contributed by atoms with Gasteiger partial charge in [-0.1, -0.05) is 47.6 Å². The first kappa shape index (κ1) is 17.8. The summed E-state index contributed by atoms with van der Waals surface area (Å²) in [4.78, 5) is 0. The van der Waals surface area contributed by atoms with Crippen LogP contribution in [0.3, 0.4) is 0 Å². The molecular formula is C17H13ClF3N3S. The van der Waals surface area contributed by atoms with E-state index in [1.165, 1.54) is 17.8 Å². The molecule has 25 heavy (non-hydrogen) atoms. The second-order valence-electron chi connectivity index (χ2n) is 5.33. The summed E-state index contributed by atoms with van der Waals surface area (Å²) in [6.45, 7) is 1.81. The number of benzene rings is 2. The Morgan fingerprint density at radius 3 is 2.56 bits per heavy atom. The number of nitrogens with zero attached hydrogens (tertiary/aromatic N) is 3. The fourth-order valence-corrected chi connectivity index (χ4v) is 3.46. The lowest BCUT2D eigenvalue weighted by atomic mass is 10.1. The number of hydrogen-bond acceptors (Lipinski definition) is 3. The summed E-state index contributed by atoms with van der Waals surface area (Å²) in [7, 11) is 0. The first-order valence-corrected chi connectivity index (χ1v) is 8.68. The van der Waals surface area contributed by atoms with Crippen LogP contribution in [-0.2, 0) is 11.9 Å². The molecule has 1 aromatic heterocycles. The van der Waals surface area contributed by atoms with E-state index in [1.807, 2.05) is 23.6 Å². The zero-order valence-electron chi connectivity index (χ0n) is 13.1. The van der Waals surface area contributed by atoms with Crippen LogP contribution in [0.4, 0.5) is 13.2 Å². The maximum Gasteiger partial charge on any atom is 0.416 e. The Hall–Kier alpha value is -1.99. The summed E-state index contributed by atoms with van der Waals surface area (Å²) in [6.07, 6.45) is -4.35. The molecule has 0 N–H and O–H groups in total. The van der Waals surface area contributed by atoms with Gasteiger partial charge in [-0.15, -0.1) is 10.2 Å². The molecule has 8 heteroatoms. The van der Waals surface area contributed by atoms with Crippen molar-refractivity contribution in [3.63, 3.8) is 0 Å². The number of hydrogen-bond donors (Lipinski definition) is 0. The van der Waals surface area contributed by atoms with Gasteiger partial charge in [0.25, 0.3) is 0 Å². The van der Waals surface area contributed by atoms with Gasteiger partial charge in [-0.25, -0.2) is 0 Å². The van der Waals surface area contributed by atoms with Crippen LogP contribution in [0.2, 0.25) is 5.02 Å². The smallest absolute Gasteiger partial charge is 0.274 e. The van der Waals surface area contributed by atoms with Gasteiger partial charge in [-0.2, -0.15) is 13.2 Å². The summed E-state index contributed by atoms with van der Waals surface area (Å²) in [5, 5.41) is 9.36. The normalized spacial score (nSPS) is 11.7. The number of halogens is 4. The molecule has 3 nitrogen and oxygen atoms in total. The molecule has 0 fully saturated rings. The third-order valence-electron chi connectivity index (χ3n) is 3.48. The number of aromatic nitrogens is 3. The minimum Gasteiger partial charge on any atom is -0.274 e. The number of alkyl halides is 3. The van der Waals surface area contributed by atoms with Crippen LogP contribution in [0.1, 0.15) is 17.0 Å². The monoisotopic (exact) mass is 383 g/mol. The molecule has 2 aromatic carbocycles. The van der Waals surface area contributed by atoms with Gasteiger partial charge in [0.2, 0.25) is 0 Å². The van der Waals surface area contributed by atoms with Gasteiger partial charge in [-0.05, 0) is 36.8 Å². The molecule has 0 saturated carbocycles. The zero-order chi connectivity index (χ0) is 18.0. The molecule has 0 bridgehead atoms. The molecule has 0 aliphatic heterocycles. The first-order chi connectivity index (χ1) is 11.8. The van der Waals surface area contributed by atoms with E-state index in [4.69, 9.17) is 11.6 Å². The summed E-state index contributed by atoms with van der Waals surface area (Å²) >= 11 is 7.35. The fraction of sp³-hybridized carbons (Fsp3) is 0.176. The average Bonchev–Trinajstić information content (AvgIpc) is 2.93. The van der Waals surface area contributed by atoms with Gasteiger partial charge in [0.15, 0.2) is 5.16 Å². The molecule has 0 radical (unpaired) electrons. The molecule has 0 spiro atoms. The van der Waals surface area contributed by atoms with Crippen LogP contribution in [0.15, 0.2) is 53.7 Å². The quantitative estimate of drug-likeness (QED) is 0.554. The lowest BCUT2D eigenvalue weighted by Crippen LogP contribution is -2.05. The van der Waals surface area contributed by atoms with Gasteiger partial charge in [0, 0.05) is 10.8 Å². The number of rotatable bonds is 4. The van der Waals surface area contributed by atoms with Crippen molar-refractivity contribution in [1.82, 2.24) is 14.8 Å². The maximum absolute atomic E-state index is 12.8. The largest absolute Gasteiger partial charge is 0.416 e. The van der Waals surface area contributed by atoms with Crippen LogP contribution in [0.25, 0.3) is 5.69 Å². The Kier molecular flexibility index (Phi) is 5.06. The van der Waals surface area contributed by atoms with E-state index in [1.54, 1.807) is 18.2 Å². The van der Waals surface area contributed by atoms with E-state index in [9.17, 15) is 13.2 Å². The molecule has 0 aliphatic carbocycles. The van der Waals surface area contributed by atoms with E-state index in [2.05, 4.69) is 10.2 Å². The first-order valence-electron chi connectivity index (χ1n) is 7.31. The highest BCUT2D eigenvalue weighted by Gasteiger charge is 2.30. The van der Waals surface area contributed by atoms with Crippen molar-refractivity contribution in [2.24, 2.45) is 0 Å². The van der Waals surface area contributed by atoms with Crippen molar-refractivity contribution >= 4 is 23.4 Å². The predicted octanol–water partition coefficient (Wildman–Crippen LogP) is 5.54. The molecular weight excluding hydrogens is 371 g/mol. The predicted molar refractivity (Wildman–Crippen MR) is 92.1 cm³/mol. The third-order valence-corrected chi connectivity index (χ3v) is 4.72. The minimum atomic E-state index is -4.35. The van der Waals surface area contributed by atoms with Crippen LogP contribution in [0.5, 0.6) is 0 Å². The zero-order valence-corrected chi connectivity index (χ0v) is 14.7. The fourth-order valence-electron chi connectivity index (χ4n) is 2.33. The lowest BCUT2D eigenvalue weighted by Gasteiger charge is -2.10. The Morgan fingerprint density at radius 1 is 1.08 bits per heavy atom. The second-order valence-corrected chi connectivity index (χ2v) is 6.71. The van der Waals surface area contributed by atoms with E-state index in [-0.39, 0.29) is 0 Å². The van der Waals surface area contributed by atoms with Crippen LogP contribution < -0.4 is 0 Å². The molecule has 0 unspecified atom stereocenters. The van der Waals surface area contributed by atoms with Gasteiger partial charge in [-0.3, -0.25) is 4.57 Å². The van der Waals surface area contributed by atoms with Crippen molar-refractivity contribution in [2.75, 3.05) is 0 Å². The maximum atomic E-state index is 12.8. The molecule has 0 amide bonds. The standard InChI is InChI=1S/C17H13ClF3N3S/c1-11-22-23-16(24(11)15-7-3-6-14(18)9-15)25-10-12-4-2-5-13(8-12)17(19,20)21/h2-9H,10H2,1H3. The molecule has 3 rings (SSSR count). The third kappa shape index (κ3) is 4.16. The Morgan fingerprint density at radius 2 is 1.84 bits per heavy atom. The van der Waals surface area contributed by atoms with Gasteiger partial charge in [0.05, 0.1) is 11.3 Å². The van der Waals surface area contributed by atoms with Crippen molar-refractivity contribution in [1.29, 1.82) is 0 Å². The van der Waals surface area contributed by atoms with Crippen molar-refractivity contribution < 1.29 is 13.2 Å². The molecule has 1 heterocycles. The number of thioether (sulfide) groups is 1. The SMILES string of the molecule is Cc1nnc(SCc2cccc(C(F)(F)F)c2)n1-c1cccc(Cl)c1. The van der Waals surface area contributed by atoms with E-state index in [0.29, 0.717) is 27.3 Å². The summed E-state index contributed by atoms with van der Waals surface area (Å²) in [6, 6.07) is 12.5. The van der Waals surface area contributed by atoms with E-state index < -0.39 is 11.7 Å². The van der Waals surface area contributed by atoms with Crippen molar-refractivity contribution in [3.05, 3.63) is 70.5 Å². The summed E-state index contributed by atoms with van der Waals surface area (Å²) < 4.78 is 40.3. The average molecular weight is 384 g/mol. The highest BCUT2D eigenvalue weighted by atomic mass is 35.5. The molecule has 0 atom stereocenters. The molecule has 3 aromatic rings. The van der Waals surface area contributed by atoms with E-state index >= 15 is 0 Å². The van der Waals surface area contributed by atoms with Crippen LogP contribution in [0, 0.1) is 6.92 Å². The van der Waals surface area contributed by atoms with Gasteiger partial charge in [0.1, 0.15) is 5.82 Å². The van der Waals surface area contributed by atoms with Crippen molar-refractivity contribution in [2.45, 2.75) is 24.0 Å². The minimum absolute atomic E-state index is 0.350. The lowest BCUT2D eigenvalue weighted by molar-refractivity contribution is -0.137. The van der Waals surface area contributed by atoms with Crippen LogP contribution >= 0.6 is 23.4 Å². The second kappa shape index (κ2) is 7.09. The summed E-state index contributed by atoms with van der Waals surface area (Å²) in [5.74, 6) is 1.02. The highest BCUT2D eigenvalue weighted by Crippen LogP contribution is 2.31. The Labute approximate surface area is 151 Å². The van der Waals surface area contributed by atoms with Crippen LogP contribution in [-0.4, -0.2) is 14.8 Å². The summed E-state index contributed by atoms with van der Waals surface area (Å²) in [5.41, 5.74) is 0.720. The Bertz CT molecular complexity index is 893. The van der Waals surface area contributed by atoms with Crippen molar-refractivity contribution in [3.8, 4) is 5.69 Å². The topological polar surface area (TPSA) is 30.7 Å². The molecule has 0 saturated heterocycles. The van der Waals surface area contributed by atoms with E-state index in [0.717, 1.165) is 17.8 Å². The Balaban J connectivity index is 1.84. The molecule has 0 aliphatic rings. The van der Waals surface area contributed by atoms with Gasteiger partial charge >= 0.3 is 6.18 Å². The number of aryl methyl sites for hydroxylation is 1.